The molecule has 1 aromatic rings. The van der Waals surface area contributed by atoms with E-state index in [0.29, 0.717) is 25.9 Å². The fraction of sp³-hybridized carbons (Fsp3) is 0.682. The molecule has 1 fully saturated rings. The molecule has 0 saturated carbocycles. The molecule has 7 nitrogen and oxygen atoms in total. The first-order valence-electron chi connectivity index (χ1n) is 10.7. The molecule has 182 valence electrons. The first-order chi connectivity index (χ1) is 14.7. The van der Waals surface area contributed by atoms with Crippen molar-refractivity contribution in [2.24, 2.45) is 5.73 Å². The average molecular weight is 478 g/mol. The molecule has 0 radical (unpaired) electrons. The number of nitrogens with two attached hydrogens (primary N) is 1. The maximum Gasteiger partial charge on any atom is 0.407 e. The molecule has 2 atom stereocenters. The Bertz CT molecular complexity index is 781. The second-order valence-corrected chi connectivity index (χ2v) is 9.74. The summed E-state index contributed by atoms with van der Waals surface area (Å²) in [6, 6.07) is 1.63. The van der Waals surface area contributed by atoms with E-state index in [4.69, 9.17) is 26.8 Å². The van der Waals surface area contributed by atoms with Gasteiger partial charge in [-0.1, -0.05) is 17.7 Å². The van der Waals surface area contributed by atoms with Crippen LogP contribution < -0.4 is 15.8 Å². The fourth-order valence-electron chi connectivity index (χ4n) is 3.44. The maximum atomic E-state index is 15.1. The number of carbonyl (C=O) groups excluding carboxylic acids is 1. The Morgan fingerprint density at radius 2 is 1.88 bits per heavy atom. The van der Waals surface area contributed by atoms with E-state index >= 15 is 8.78 Å². The molecule has 2 unspecified atom stereocenters. The van der Waals surface area contributed by atoms with Crippen LogP contribution >= 0.6 is 11.6 Å². The van der Waals surface area contributed by atoms with Gasteiger partial charge in [0, 0.05) is 24.7 Å². The molecule has 4 N–H and O–H groups in total. The van der Waals surface area contributed by atoms with Gasteiger partial charge in [-0.2, -0.15) is 8.78 Å². The van der Waals surface area contributed by atoms with E-state index < -0.39 is 29.9 Å². The Morgan fingerprint density at radius 1 is 1.28 bits per heavy atom. The van der Waals surface area contributed by atoms with E-state index in [0.717, 1.165) is 6.07 Å². The quantitative estimate of drug-likeness (QED) is 0.552. The second-order valence-electron chi connectivity index (χ2n) is 9.33. The van der Waals surface area contributed by atoms with Crippen molar-refractivity contribution in [3.05, 3.63) is 28.8 Å². The lowest BCUT2D eigenvalue weighted by Gasteiger charge is -2.39. The standard InChI is InChI=1S/C22H34ClF2N3O4/c1-13(2)31-17-12-14(6-7-16(17)23)22(24,25)18(26)19(29)28-10-8-15(9-11-28)27-20(30)32-21(3,4)5/h6-7,12-13,15,18-19,29H,8-11,26H2,1-5H3,(H,27,30). The highest BCUT2D eigenvalue weighted by Crippen LogP contribution is 2.37. The summed E-state index contributed by atoms with van der Waals surface area (Å²) in [5, 5.41) is 13.6. The number of nitrogens with one attached hydrogen (secondary N) is 1. The Hall–Kier alpha value is -1.68. The van der Waals surface area contributed by atoms with E-state index in [1.807, 2.05) is 0 Å². The largest absolute Gasteiger partial charge is 0.489 e. The number of hydrogen-bond acceptors (Lipinski definition) is 6. The van der Waals surface area contributed by atoms with Gasteiger partial charge in [0.1, 0.15) is 23.6 Å². The van der Waals surface area contributed by atoms with Crippen molar-refractivity contribution in [1.82, 2.24) is 10.2 Å². The van der Waals surface area contributed by atoms with Gasteiger partial charge < -0.3 is 25.6 Å². The molecule has 2 rings (SSSR count). The minimum atomic E-state index is -3.52. The van der Waals surface area contributed by atoms with Gasteiger partial charge in [-0.3, -0.25) is 4.90 Å². The van der Waals surface area contributed by atoms with Crippen molar-refractivity contribution in [3.8, 4) is 5.75 Å². The van der Waals surface area contributed by atoms with Crippen LogP contribution in [0.1, 0.15) is 53.0 Å². The molecule has 1 aromatic carbocycles. The molecular weight excluding hydrogens is 444 g/mol. The summed E-state index contributed by atoms with van der Waals surface area (Å²) >= 11 is 6.04. The number of alkyl halides is 2. The normalized spacial score (nSPS) is 18.3. The second kappa shape index (κ2) is 10.5. The number of ether oxygens (including phenoxy) is 2. The lowest BCUT2D eigenvalue weighted by Crippen LogP contribution is -2.58. The lowest BCUT2D eigenvalue weighted by atomic mass is 9.97. The van der Waals surface area contributed by atoms with Gasteiger partial charge >= 0.3 is 6.09 Å². The topological polar surface area (TPSA) is 97.0 Å². The highest BCUT2D eigenvalue weighted by molar-refractivity contribution is 6.32. The van der Waals surface area contributed by atoms with Gasteiger partial charge in [0.15, 0.2) is 0 Å². The van der Waals surface area contributed by atoms with Crippen LogP contribution in [0.5, 0.6) is 5.75 Å². The predicted octanol–water partition coefficient (Wildman–Crippen LogP) is 3.85. The number of amides is 1. The summed E-state index contributed by atoms with van der Waals surface area (Å²) in [7, 11) is 0. The zero-order chi connectivity index (χ0) is 24.3. The summed E-state index contributed by atoms with van der Waals surface area (Å²) < 4.78 is 41.0. The minimum Gasteiger partial charge on any atom is -0.489 e. The highest BCUT2D eigenvalue weighted by Gasteiger charge is 2.45. The van der Waals surface area contributed by atoms with E-state index in [-0.39, 0.29) is 28.5 Å². The average Bonchev–Trinajstić information content (AvgIpc) is 2.67. The number of halogens is 3. The highest BCUT2D eigenvalue weighted by atomic mass is 35.5. The van der Waals surface area contributed by atoms with Crippen LogP contribution in [-0.4, -0.2) is 59.2 Å². The monoisotopic (exact) mass is 477 g/mol. The summed E-state index contributed by atoms with van der Waals surface area (Å²) in [5.74, 6) is -3.39. The smallest absolute Gasteiger partial charge is 0.407 e. The third-order valence-corrected chi connectivity index (χ3v) is 5.36. The number of benzene rings is 1. The molecule has 1 heterocycles. The van der Waals surface area contributed by atoms with E-state index in [1.54, 1.807) is 34.6 Å². The van der Waals surface area contributed by atoms with Crippen molar-refractivity contribution in [3.63, 3.8) is 0 Å². The van der Waals surface area contributed by atoms with Gasteiger partial charge in [-0.25, -0.2) is 4.79 Å². The summed E-state index contributed by atoms with van der Waals surface area (Å²) in [6.45, 7) is 9.43. The van der Waals surface area contributed by atoms with Crippen LogP contribution in [0.25, 0.3) is 0 Å². The Morgan fingerprint density at radius 3 is 2.41 bits per heavy atom. The maximum absolute atomic E-state index is 15.1. The van der Waals surface area contributed by atoms with Crippen LogP contribution in [0.3, 0.4) is 0 Å². The molecule has 0 aliphatic carbocycles. The molecule has 0 aromatic heterocycles. The van der Waals surface area contributed by atoms with Crippen molar-refractivity contribution in [2.75, 3.05) is 13.1 Å². The zero-order valence-electron chi connectivity index (χ0n) is 19.2. The van der Waals surface area contributed by atoms with Crippen molar-refractivity contribution >= 4 is 17.7 Å². The molecule has 1 saturated heterocycles. The zero-order valence-corrected chi connectivity index (χ0v) is 20.0. The van der Waals surface area contributed by atoms with E-state index in [1.165, 1.54) is 17.0 Å². The molecule has 0 bridgehead atoms. The first-order valence-corrected chi connectivity index (χ1v) is 11.1. The van der Waals surface area contributed by atoms with Gasteiger partial charge in [0.05, 0.1) is 11.1 Å². The number of aliphatic hydroxyl groups excluding tert-OH is 1. The Labute approximate surface area is 193 Å². The number of likely N-dealkylation sites (tertiary alicyclic amines) is 1. The van der Waals surface area contributed by atoms with Gasteiger partial charge in [0.2, 0.25) is 0 Å². The molecule has 1 amide bonds. The fourth-order valence-corrected chi connectivity index (χ4v) is 3.61. The van der Waals surface area contributed by atoms with Crippen LogP contribution in [0.4, 0.5) is 13.6 Å². The molecular formula is C22H34ClF2N3O4. The van der Waals surface area contributed by atoms with Gasteiger partial charge in [-0.15, -0.1) is 0 Å². The molecule has 1 aliphatic heterocycles. The number of alkyl carbamates (subject to hydrolysis) is 1. The summed E-state index contributed by atoms with van der Waals surface area (Å²) in [5.41, 5.74) is 4.83. The number of aliphatic hydroxyl groups is 1. The number of piperidine rings is 1. The number of nitrogens with zero attached hydrogens (tertiary/aromatic N) is 1. The SMILES string of the molecule is CC(C)Oc1cc(C(F)(F)C(N)C(O)N2CCC(NC(=O)OC(C)(C)C)CC2)ccc1Cl. The summed E-state index contributed by atoms with van der Waals surface area (Å²) in [4.78, 5) is 13.4. The number of rotatable bonds is 7. The van der Waals surface area contributed by atoms with E-state index in [9.17, 15) is 9.90 Å². The molecule has 32 heavy (non-hydrogen) atoms. The Kier molecular flexibility index (Phi) is 8.72. The third-order valence-electron chi connectivity index (χ3n) is 5.04. The van der Waals surface area contributed by atoms with Crippen LogP contribution in [0.15, 0.2) is 18.2 Å². The third kappa shape index (κ3) is 7.16. The van der Waals surface area contributed by atoms with Gasteiger partial charge in [-0.05, 0) is 59.6 Å². The molecule has 0 spiro atoms. The minimum absolute atomic E-state index is 0.134. The van der Waals surface area contributed by atoms with Crippen LogP contribution in [0, 0.1) is 0 Å². The number of carbonyl (C=O) groups is 1. The van der Waals surface area contributed by atoms with Crippen molar-refractivity contribution in [2.45, 2.75) is 83.4 Å². The number of hydrogen-bond donors (Lipinski definition) is 3. The van der Waals surface area contributed by atoms with Gasteiger partial charge in [0.25, 0.3) is 5.92 Å². The molecule has 1 aliphatic rings. The Balaban J connectivity index is 2.00. The first kappa shape index (κ1) is 26.6. The predicted molar refractivity (Wildman–Crippen MR) is 119 cm³/mol. The molecule has 10 heteroatoms. The lowest BCUT2D eigenvalue weighted by molar-refractivity contribution is -0.122. The van der Waals surface area contributed by atoms with Crippen LogP contribution in [-0.2, 0) is 10.7 Å². The summed E-state index contributed by atoms with van der Waals surface area (Å²) in [6.07, 6.45) is -1.39. The van der Waals surface area contributed by atoms with Crippen molar-refractivity contribution < 1.29 is 28.2 Å². The van der Waals surface area contributed by atoms with Crippen LogP contribution in [0.2, 0.25) is 5.02 Å². The van der Waals surface area contributed by atoms with Crippen molar-refractivity contribution in [1.29, 1.82) is 0 Å². The van der Waals surface area contributed by atoms with E-state index in [2.05, 4.69) is 5.32 Å².